The first-order valence-electron chi connectivity index (χ1n) is 9.16. The molecule has 0 aromatic heterocycles. The van der Waals surface area contributed by atoms with Crippen molar-refractivity contribution < 1.29 is 13.3 Å². The van der Waals surface area contributed by atoms with Gasteiger partial charge in [-0.15, -0.1) is 0 Å². The van der Waals surface area contributed by atoms with Gasteiger partial charge in [-0.1, -0.05) is 58.3 Å². The third kappa shape index (κ3) is 11.3. The predicted molar refractivity (Wildman–Crippen MR) is 92.7 cm³/mol. The van der Waals surface area contributed by atoms with Gasteiger partial charge in [0.15, 0.2) is 0 Å². The second kappa shape index (κ2) is 15.0. The van der Waals surface area contributed by atoms with Crippen LogP contribution in [0.5, 0.6) is 0 Å². The molecule has 0 saturated heterocycles. The molecule has 0 amide bonds. The molecule has 3 nitrogen and oxygen atoms in total. The lowest BCUT2D eigenvalue weighted by Crippen LogP contribution is -2.45. The van der Waals surface area contributed by atoms with Gasteiger partial charge in [0.1, 0.15) is 0 Å². The molecule has 0 fully saturated rings. The Morgan fingerprint density at radius 3 is 1.29 bits per heavy atom. The van der Waals surface area contributed by atoms with Crippen LogP contribution in [0.2, 0.25) is 6.04 Å². The number of unbranched alkanes of at least 4 members (excludes halogenated alkanes) is 8. The lowest BCUT2D eigenvalue weighted by atomic mass is 10.1. The van der Waals surface area contributed by atoms with Crippen molar-refractivity contribution in [2.75, 3.05) is 19.8 Å². The topological polar surface area (TPSA) is 27.7 Å². The summed E-state index contributed by atoms with van der Waals surface area (Å²) in [7, 11) is -2.38. The zero-order valence-corrected chi connectivity index (χ0v) is 15.9. The van der Waals surface area contributed by atoms with Gasteiger partial charge in [0, 0.05) is 25.9 Å². The van der Waals surface area contributed by atoms with Crippen molar-refractivity contribution in [3.8, 4) is 0 Å². The van der Waals surface area contributed by atoms with E-state index in [1.54, 1.807) is 0 Å². The Bertz CT molecular complexity index is 195. The minimum atomic E-state index is -2.38. The van der Waals surface area contributed by atoms with Gasteiger partial charge in [0.25, 0.3) is 0 Å². The molecule has 0 aliphatic rings. The minimum Gasteiger partial charge on any atom is -0.374 e. The maximum absolute atomic E-state index is 5.88. The van der Waals surface area contributed by atoms with E-state index >= 15 is 0 Å². The molecule has 4 heteroatoms. The van der Waals surface area contributed by atoms with Crippen LogP contribution in [0.25, 0.3) is 0 Å². The molecule has 0 atom stereocenters. The first-order valence-corrected chi connectivity index (χ1v) is 11.1. The van der Waals surface area contributed by atoms with Crippen molar-refractivity contribution in [2.45, 2.75) is 91.5 Å². The van der Waals surface area contributed by atoms with Gasteiger partial charge in [-0.25, -0.2) is 0 Å². The quantitative estimate of drug-likeness (QED) is 0.275. The first kappa shape index (κ1) is 21.1. The standard InChI is InChI=1S/C17H38O3Si/c1-5-9-10-11-12-13-14-15-16-17-21(18-6-2,19-7-3)20-8-4/h5-17H2,1-4H3. The van der Waals surface area contributed by atoms with Crippen LogP contribution in [0.4, 0.5) is 0 Å². The molecule has 0 radical (unpaired) electrons. The van der Waals surface area contributed by atoms with Gasteiger partial charge in [-0.3, -0.25) is 0 Å². The molecule has 0 spiro atoms. The van der Waals surface area contributed by atoms with Gasteiger partial charge < -0.3 is 13.3 Å². The van der Waals surface area contributed by atoms with E-state index in [-0.39, 0.29) is 0 Å². The van der Waals surface area contributed by atoms with E-state index < -0.39 is 8.80 Å². The van der Waals surface area contributed by atoms with Crippen LogP contribution in [0.15, 0.2) is 0 Å². The molecular formula is C17H38O3Si. The summed E-state index contributed by atoms with van der Waals surface area (Å²) in [6.45, 7) is 10.4. The van der Waals surface area contributed by atoms with Crippen LogP contribution in [0.1, 0.15) is 85.5 Å². The minimum absolute atomic E-state index is 0.684. The summed E-state index contributed by atoms with van der Waals surface area (Å²) in [5.74, 6) is 0. The maximum atomic E-state index is 5.88. The van der Waals surface area contributed by atoms with E-state index in [2.05, 4.69) is 6.92 Å². The summed E-state index contributed by atoms with van der Waals surface area (Å²) in [5.41, 5.74) is 0. The van der Waals surface area contributed by atoms with Crippen molar-refractivity contribution >= 4 is 8.80 Å². The van der Waals surface area contributed by atoms with Crippen LogP contribution >= 0.6 is 0 Å². The second-order valence-corrected chi connectivity index (χ2v) is 8.29. The summed E-state index contributed by atoms with van der Waals surface area (Å²) in [5, 5.41) is 0. The van der Waals surface area contributed by atoms with E-state index in [9.17, 15) is 0 Å². The van der Waals surface area contributed by atoms with Crippen LogP contribution < -0.4 is 0 Å². The van der Waals surface area contributed by atoms with Gasteiger partial charge in [0.05, 0.1) is 0 Å². The zero-order chi connectivity index (χ0) is 15.8. The first-order chi connectivity index (χ1) is 10.2. The lowest BCUT2D eigenvalue weighted by molar-refractivity contribution is 0.0706. The molecule has 21 heavy (non-hydrogen) atoms. The Hall–Kier alpha value is 0.0969. The summed E-state index contributed by atoms with van der Waals surface area (Å²) in [4.78, 5) is 0. The van der Waals surface area contributed by atoms with Crippen molar-refractivity contribution in [3.63, 3.8) is 0 Å². The third-order valence-electron chi connectivity index (χ3n) is 3.68. The van der Waals surface area contributed by atoms with Crippen molar-refractivity contribution in [1.82, 2.24) is 0 Å². The van der Waals surface area contributed by atoms with E-state index in [0.29, 0.717) is 19.8 Å². The van der Waals surface area contributed by atoms with E-state index in [4.69, 9.17) is 13.3 Å². The molecule has 0 heterocycles. The van der Waals surface area contributed by atoms with E-state index in [1.165, 1.54) is 57.8 Å². The Kier molecular flexibility index (Phi) is 15.1. The molecule has 0 rings (SSSR count). The molecule has 0 aliphatic heterocycles. The fourth-order valence-electron chi connectivity index (χ4n) is 2.65. The van der Waals surface area contributed by atoms with Crippen molar-refractivity contribution in [2.24, 2.45) is 0 Å². The van der Waals surface area contributed by atoms with Gasteiger partial charge in [0.2, 0.25) is 0 Å². The SMILES string of the molecule is CCCCCCCCCCC[Si](OCC)(OCC)OCC. The van der Waals surface area contributed by atoms with Crippen LogP contribution in [-0.4, -0.2) is 28.6 Å². The Morgan fingerprint density at radius 1 is 0.524 bits per heavy atom. The molecule has 0 aromatic carbocycles. The Morgan fingerprint density at radius 2 is 0.905 bits per heavy atom. The largest absolute Gasteiger partial charge is 0.500 e. The second-order valence-electron chi connectivity index (χ2n) is 5.56. The van der Waals surface area contributed by atoms with Gasteiger partial charge in [-0.05, 0) is 27.2 Å². The van der Waals surface area contributed by atoms with Crippen LogP contribution in [0, 0.1) is 0 Å². The van der Waals surface area contributed by atoms with E-state index in [0.717, 1.165) is 6.04 Å². The Labute approximate surface area is 134 Å². The normalized spacial score (nSPS) is 12.0. The monoisotopic (exact) mass is 318 g/mol. The number of hydrogen-bond donors (Lipinski definition) is 0. The molecule has 0 bridgehead atoms. The van der Waals surface area contributed by atoms with Crippen LogP contribution in [-0.2, 0) is 13.3 Å². The number of rotatable bonds is 16. The maximum Gasteiger partial charge on any atom is 0.500 e. The smallest absolute Gasteiger partial charge is 0.374 e. The highest BCUT2D eigenvalue weighted by atomic mass is 28.4. The number of hydrogen-bond acceptors (Lipinski definition) is 3. The highest BCUT2D eigenvalue weighted by molar-refractivity contribution is 6.60. The average molecular weight is 319 g/mol. The highest BCUT2D eigenvalue weighted by Crippen LogP contribution is 2.20. The summed E-state index contributed by atoms with van der Waals surface area (Å²) in [6.07, 6.45) is 12.1. The molecule has 0 N–H and O–H groups in total. The summed E-state index contributed by atoms with van der Waals surface area (Å²) in [6, 6.07) is 0.971. The lowest BCUT2D eigenvalue weighted by Gasteiger charge is -2.28. The zero-order valence-electron chi connectivity index (χ0n) is 14.9. The fraction of sp³-hybridized carbons (Fsp3) is 1.00. The molecule has 0 saturated carbocycles. The Balaban J connectivity index is 3.76. The molecule has 128 valence electrons. The van der Waals surface area contributed by atoms with Crippen molar-refractivity contribution in [3.05, 3.63) is 0 Å². The molecular weight excluding hydrogens is 280 g/mol. The van der Waals surface area contributed by atoms with Crippen LogP contribution in [0.3, 0.4) is 0 Å². The summed E-state index contributed by atoms with van der Waals surface area (Å²) >= 11 is 0. The molecule has 0 unspecified atom stereocenters. The fourth-order valence-corrected chi connectivity index (χ4v) is 5.34. The summed E-state index contributed by atoms with van der Waals surface area (Å²) < 4.78 is 17.6. The van der Waals surface area contributed by atoms with Crippen molar-refractivity contribution in [1.29, 1.82) is 0 Å². The average Bonchev–Trinajstić information content (AvgIpc) is 2.46. The predicted octanol–water partition coefficient (Wildman–Crippen LogP) is 5.57. The third-order valence-corrected chi connectivity index (χ3v) is 6.83. The molecule has 0 aromatic rings. The van der Waals surface area contributed by atoms with E-state index in [1.807, 2.05) is 20.8 Å². The van der Waals surface area contributed by atoms with Gasteiger partial charge in [-0.2, -0.15) is 0 Å². The highest BCUT2D eigenvalue weighted by Gasteiger charge is 2.39. The molecule has 0 aliphatic carbocycles. The van der Waals surface area contributed by atoms with Gasteiger partial charge >= 0.3 is 8.80 Å².